The molecule has 3 saturated heterocycles. The number of nitrogens with one attached hydrogen (secondary N) is 2. The number of hydrogen-bond donors (Lipinski definition) is 3. The van der Waals surface area contributed by atoms with E-state index < -0.39 is 16.7 Å². The van der Waals surface area contributed by atoms with E-state index in [9.17, 15) is 19.5 Å². The van der Waals surface area contributed by atoms with Gasteiger partial charge in [-0.2, -0.15) is 0 Å². The fourth-order valence-corrected chi connectivity index (χ4v) is 8.37. The molecule has 0 radical (unpaired) electrons. The third-order valence-corrected chi connectivity index (χ3v) is 9.34. The third kappa shape index (κ3) is 4.22. The van der Waals surface area contributed by atoms with Gasteiger partial charge in [0.15, 0.2) is 0 Å². The Morgan fingerprint density at radius 1 is 1.26 bits per heavy atom. The van der Waals surface area contributed by atoms with Crippen LogP contribution in [-0.4, -0.2) is 69.5 Å². The lowest BCUT2D eigenvalue weighted by molar-refractivity contribution is -0.140. The largest absolute Gasteiger partial charge is 0.396 e. The molecule has 3 aliphatic heterocycles. The highest BCUT2D eigenvalue weighted by Gasteiger charge is 2.75. The molecule has 7 nitrogen and oxygen atoms in total. The topological polar surface area (TPSA) is 98.7 Å². The number of unbranched alkanes of at least 4 members (excludes halogenated alkanes) is 1. The first-order chi connectivity index (χ1) is 14.8. The van der Waals surface area contributed by atoms with E-state index in [1.807, 2.05) is 13.8 Å². The van der Waals surface area contributed by atoms with Crippen LogP contribution in [-0.2, 0) is 14.4 Å². The average Bonchev–Trinajstić information content (AvgIpc) is 3.30. The number of aliphatic hydroxyl groups is 1. The summed E-state index contributed by atoms with van der Waals surface area (Å²) in [4.78, 5) is 42.1. The summed E-state index contributed by atoms with van der Waals surface area (Å²) in [7, 11) is 0. The lowest BCUT2D eigenvalue weighted by atomic mass is 9.66. The zero-order valence-corrected chi connectivity index (χ0v) is 20.2. The van der Waals surface area contributed by atoms with E-state index in [0.717, 1.165) is 25.7 Å². The number of fused-ring (bicyclic) bond motifs is 1. The molecular formula is C23H39N3O4S. The number of carbonyl (C=O) groups is 3. The van der Waals surface area contributed by atoms with Gasteiger partial charge in [-0.3, -0.25) is 14.4 Å². The molecule has 1 spiro atoms. The van der Waals surface area contributed by atoms with E-state index in [1.54, 1.807) is 16.7 Å². The molecule has 0 saturated carbocycles. The quantitative estimate of drug-likeness (QED) is 0.415. The van der Waals surface area contributed by atoms with Gasteiger partial charge in [-0.15, -0.1) is 11.8 Å². The van der Waals surface area contributed by atoms with Crippen molar-refractivity contribution in [2.24, 2.45) is 17.8 Å². The van der Waals surface area contributed by atoms with E-state index in [2.05, 4.69) is 24.5 Å². The van der Waals surface area contributed by atoms with Gasteiger partial charge in [0.25, 0.3) is 0 Å². The van der Waals surface area contributed by atoms with Gasteiger partial charge in [0, 0.05) is 31.0 Å². The van der Waals surface area contributed by atoms with Gasteiger partial charge in [0.1, 0.15) is 6.04 Å². The monoisotopic (exact) mass is 453 g/mol. The highest BCUT2D eigenvalue weighted by Crippen LogP contribution is 2.68. The van der Waals surface area contributed by atoms with Crippen LogP contribution in [0.25, 0.3) is 0 Å². The SMILES string of the molecule is CCCNC(=O)[C@@H]1[C@H]2C(=O)N(CCCCO)C(C(=O)NC(C)CCC)C23S[C@@H]1CC3C. The van der Waals surface area contributed by atoms with E-state index in [-0.39, 0.29) is 47.5 Å². The van der Waals surface area contributed by atoms with Gasteiger partial charge in [0.2, 0.25) is 17.7 Å². The zero-order chi connectivity index (χ0) is 22.8. The summed E-state index contributed by atoms with van der Waals surface area (Å²) in [6, 6.07) is -0.512. The first-order valence-corrected chi connectivity index (χ1v) is 12.9. The Balaban J connectivity index is 1.94. The second-order valence-electron chi connectivity index (χ2n) is 9.50. The highest BCUT2D eigenvalue weighted by molar-refractivity contribution is 8.02. The molecule has 3 aliphatic rings. The van der Waals surface area contributed by atoms with Gasteiger partial charge in [-0.25, -0.2) is 0 Å². The van der Waals surface area contributed by atoms with E-state index in [1.165, 1.54) is 0 Å². The van der Waals surface area contributed by atoms with Crippen molar-refractivity contribution in [3.63, 3.8) is 0 Å². The van der Waals surface area contributed by atoms with Crippen LogP contribution in [0.15, 0.2) is 0 Å². The van der Waals surface area contributed by atoms with Crippen LogP contribution in [0.4, 0.5) is 0 Å². The van der Waals surface area contributed by atoms with Crippen molar-refractivity contribution in [3.05, 3.63) is 0 Å². The standard InChI is InChI=1S/C23H39N3O4S/c1-5-9-15(4)25-21(29)19-23-14(3)13-16(31-23)17(20(28)24-10-6-2)18(23)22(30)26(19)11-7-8-12-27/h14-19,27H,5-13H2,1-4H3,(H,24,28)(H,25,29)/t14?,15?,16-,17+,18+,19?,23?/m1/s1. The van der Waals surface area contributed by atoms with Gasteiger partial charge in [-0.05, 0) is 44.9 Å². The number of likely N-dealkylation sites (tertiary alicyclic amines) is 1. The van der Waals surface area contributed by atoms with Gasteiger partial charge >= 0.3 is 0 Å². The number of rotatable bonds is 11. The first-order valence-electron chi connectivity index (χ1n) is 12.0. The van der Waals surface area contributed by atoms with Crippen molar-refractivity contribution in [2.75, 3.05) is 19.7 Å². The minimum Gasteiger partial charge on any atom is -0.396 e. The lowest BCUT2D eigenvalue weighted by Gasteiger charge is -2.39. The first kappa shape index (κ1) is 24.4. The summed E-state index contributed by atoms with van der Waals surface area (Å²) >= 11 is 1.72. The number of amides is 3. The molecule has 7 atom stereocenters. The van der Waals surface area contributed by atoms with Crippen LogP contribution in [0, 0.1) is 17.8 Å². The Morgan fingerprint density at radius 3 is 2.65 bits per heavy atom. The minimum atomic E-state index is -0.558. The second-order valence-corrected chi connectivity index (χ2v) is 11.1. The molecule has 0 aromatic rings. The molecule has 0 aromatic heterocycles. The van der Waals surface area contributed by atoms with Crippen molar-refractivity contribution >= 4 is 29.5 Å². The van der Waals surface area contributed by atoms with Crippen LogP contribution in [0.2, 0.25) is 0 Å². The van der Waals surface area contributed by atoms with Gasteiger partial charge in [0.05, 0.1) is 16.6 Å². The molecule has 3 N–H and O–H groups in total. The summed E-state index contributed by atoms with van der Waals surface area (Å²) in [5, 5.41) is 15.5. The van der Waals surface area contributed by atoms with Crippen LogP contribution < -0.4 is 10.6 Å². The molecule has 176 valence electrons. The number of thioether (sulfide) groups is 1. The molecule has 31 heavy (non-hydrogen) atoms. The average molecular weight is 454 g/mol. The fourth-order valence-electron chi connectivity index (χ4n) is 5.95. The normalized spacial score (nSPS) is 34.7. The molecule has 3 amide bonds. The minimum absolute atomic E-state index is 0.0396. The van der Waals surface area contributed by atoms with Crippen molar-refractivity contribution in [1.82, 2.24) is 15.5 Å². The third-order valence-electron chi connectivity index (χ3n) is 7.26. The Labute approximate surface area is 190 Å². The van der Waals surface area contributed by atoms with E-state index >= 15 is 0 Å². The predicted molar refractivity (Wildman–Crippen MR) is 123 cm³/mol. The summed E-state index contributed by atoms with van der Waals surface area (Å²) in [5.74, 6) is -0.815. The molecular weight excluding hydrogens is 414 g/mol. The number of hydrogen-bond acceptors (Lipinski definition) is 5. The summed E-state index contributed by atoms with van der Waals surface area (Å²) in [6.45, 7) is 9.37. The second kappa shape index (κ2) is 10.1. The van der Waals surface area contributed by atoms with Crippen LogP contribution in [0.1, 0.15) is 66.2 Å². The van der Waals surface area contributed by atoms with Gasteiger partial charge < -0.3 is 20.6 Å². The van der Waals surface area contributed by atoms with Crippen LogP contribution >= 0.6 is 11.8 Å². The molecule has 8 heteroatoms. The number of aliphatic hydroxyl groups excluding tert-OH is 1. The van der Waals surface area contributed by atoms with Crippen LogP contribution in [0.3, 0.4) is 0 Å². The van der Waals surface area contributed by atoms with Crippen molar-refractivity contribution in [3.8, 4) is 0 Å². The lowest BCUT2D eigenvalue weighted by Crippen LogP contribution is -2.57. The maximum absolute atomic E-state index is 13.7. The Morgan fingerprint density at radius 2 is 2.00 bits per heavy atom. The Bertz CT molecular complexity index is 690. The Kier molecular flexibility index (Phi) is 7.95. The number of carbonyl (C=O) groups excluding carboxylic acids is 3. The maximum atomic E-state index is 13.7. The summed E-state index contributed by atoms with van der Waals surface area (Å²) in [5.41, 5.74) is 0. The Hall–Kier alpha value is -1.28. The van der Waals surface area contributed by atoms with Gasteiger partial charge in [-0.1, -0.05) is 27.2 Å². The summed E-state index contributed by atoms with van der Waals surface area (Å²) < 4.78 is -0.550. The van der Waals surface area contributed by atoms with E-state index in [0.29, 0.717) is 25.9 Å². The highest BCUT2D eigenvalue weighted by atomic mass is 32.2. The molecule has 0 aromatic carbocycles. The molecule has 3 heterocycles. The molecule has 2 bridgehead atoms. The zero-order valence-electron chi connectivity index (χ0n) is 19.4. The molecule has 3 rings (SSSR count). The molecule has 4 unspecified atom stereocenters. The van der Waals surface area contributed by atoms with Crippen molar-refractivity contribution < 1.29 is 19.5 Å². The van der Waals surface area contributed by atoms with Crippen molar-refractivity contribution in [2.45, 2.75) is 88.3 Å². The van der Waals surface area contributed by atoms with E-state index in [4.69, 9.17) is 0 Å². The predicted octanol–water partition coefficient (Wildman–Crippen LogP) is 1.93. The number of nitrogens with zero attached hydrogens (tertiary/aromatic N) is 1. The fraction of sp³-hybridized carbons (Fsp3) is 0.870. The summed E-state index contributed by atoms with van der Waals surface area (Å²) in [6.07, 6.45) is 4.82. The maximum Gasteiger partial charge on any atom is 0.244 e. The molecule has 0 aliphatic carbocycles. The smallest absolute Gasteiger partial charge is 0.244 e. The van der Waals surface area contributed by atoms with Crippen LogP contribution in [0.5, 0.6) is 0 Å². The molecule has 3 fully saturated rings. The van der Waals surface area contributed by atoms with Crippen molar-refractivity contribution in [1.29, 1.82) is 0 Å².